The van der Waals surface area contributed by atoms with Crippen molar-refractivity contribution in [2.45, 2.75) is 54.7 Å². The smallest absolute Gasteiger partial charge is 0.130 e. The molecule has 0 saturated carbocycles. The van der Waals surface area contributed by atoms with Crippen LogP contribution in [0.1, 0.15) is 36.0 Å². The monoisotopic (exact) mass is 777 g/mol. The van der Waals surface area contributed by atoms with Crippen LogP contribution >= 0.6 is 0 Å². The van der Waals surface area contributed by atoms with Crippen LogP contribution in [0.25, 0.3) is 0 Å². The fraction of sp³-hybridized carbons (Fsp3) is 0.455. The predicted molar refractivity (Wildman–Crippen MR) is 210 cm³/mol. The molecule has 48 heavy (non-hydrogen) atoms. The Balaban J connectivity index is 1.35. The Labute approximate surface area is 297 Å². The van der Waals surface area contributed by atoms with E-state index in [9.17, 15) is 26.3 Å². The first-order valence-electron chi connectivity index (χ1n) is 16.0. The molecule has 3 aromatic rings. The molecule has 270 valence electrons. The van der Waals surface area contributed by atoms with E-state index in [2.05, 4.69) is 14.7 Å². The molecule has 9 nitrogen and oxygen atoms in total. The van der Waals surface area contributed by atoms with Crippen molar-refractivity contribution in [3.8, 4) is 0 Å². The van der Waals surface area contributed by atoms with Gasteiger partial charge in [0, 0.05) is 19.6 Å². The molecule has 3 unspecified atom stereocenters. The lowest BCUT2D eigenvalue weighted by molar-refractivity contribution is -0.0285. The molecule has 0 aliphatic carbocycles. The topological polar surface area (TPSA) is 122 Å². The van der Waals surface area contributed by atoms with E-state index in [0.29, 0.717) is 62.9 Å². The summed E-state index contributed by atoms with van der Waals surface area (Å²) in [5, 5.41) is 0. The molecule has 1 heterocycles. The van der Waals surface area contributed by atoms with Crippen LogP contribution in [-0.2, 0) is 57.3 Å². The summed E-state index contributed by atoms with van der Waals surface area (Å²) in [6, 6.07) is 21.6. The molecule has 15 heteroatoms. The van der Waals surface area contributed by atoms with Gasteiger partial charge in [0.25, 0.3) is 0 Å². The SMILES string of the molecule is Cc1ccc(S(=O)(O)=[SH]CCCN2CN(CCC[SH]=S(=O)(O)c3ccc(C)cc3)CN(CCC[SH]=S(=O)(O)c3ccc(C)cc3)C2)cc1. The van der Waals surface area contributed by atoms with Gasteiger partial charge in [-0.3, -0.25) is 14.7 Å². The number of rotatable bonds is 15. The second-order valence-corrected chi connectivity index (χ2v) is 25.4. The second-order valence-electron chi connectivity index (χ2n) is 12.2. The zero-order valence-corrected chi connectivity index (χ0v) is 33.0. The lowest BCUT2D eigenvalue weighted by Crippen LogP contribution is -2.55. The lowest BCUT2D eigenvalue weighted by atomic mass is 10.2. The van der Waals surface area contributed by atoms with Crippen molar-refractivity contribution in [3.05, 3.63) is 89.5 Å². The minimum atomic E-state index is -3.11. The fourth-order valence-electron chi connectivity index (χ4n) is 5.22. The van der Waals surface area contributed by atoms with E-state index < -0.39 is 26.3 Å². The van der Waals surface area contributed by atoms with Crippen LogP contribution in [0.3, 0.4) is 0 Å². The van der Waals surface area contributed by atoms with Crippen LogP contribution in [0, 0.1) is 20.8 Å². The Morgan fingerprint density at radius 3 is 0.938 bits per heavy atom. The van der Waals surface area contributed by atoms with Crippen LogP contribution in [0.15, 0.2) is 87.5 Å². The number of nitrogens with zero attached hydrogens (tertiary/aromatic N) is 3. The van der Waals surface area contributed by atoms with Crippen molar-refractivity contribution in [2.75, 3.05) is 56.9 Å². The normalized spacial score (nSPS) is 18.6. The molecular formula is C33H51N3O6S6. The molecule has 0 spiro atoms. The highest BCUT2D eigenvalue weighted by Gasteiger charge is 2.22. The molecule has 4 rings (SSSR count). The second kappa shape index (κ2) is 18.4. The third kappa shape index (κ3) is 12.6. The molecule has 3 aromatic carbocycles. The van der Waals surface area contributed by atoms with E-state index in [1.807, 2.05) is 57.2 Å². The van der Waals surface area contributed by atoms with Crippen LogP contribution in [0.4, 0.5) is 0 Å². The fourth-order valence-corrected chi connectivity index (χ4v) is 14.5. The maximum absolute atomic E-state index is 12.9. The number of hydrogen-bond acceptors (Lipinski definition) is 6. The third-order valence-corrected chi connectivity index (χ3v) is 19.8. The summed E-state index contributed by atoms with van der Waals surface area (Å²) in [4.78, 5) is 8.40. The summed E-state index contributed by atoms with van der Waals surface area (Å²) in [5.74, 6) is 1.81. The van der Waals surface area contributed by atoms with Gasteiger partial charge in [-0.25, -0.2) is 12.6 Å². The van der Waals surface area contributed by atoms with Gasteiger partial charge in [0.15, 0.2) is 0 Å². The zero-order chi connectivity index (χ0) is 34.8. The highest BCUT2D eigenvalue weighted by Crippen LogP contribution is 2.15. The van der Waals surface area contributed by atoms with Gasteiger partial charge in [0.2, 0.25) is 0 Å². The Bertz CT molecular complexity index is 1640. The minimum absolute atomic E-state index is 0.465. The van der Waals surface area contributed by atoms with Gasteiger partial charge in [-0.2, -0.15) is 0 Å². The molecule has 1 fully saturated rings. The molecule has 3 N–H and O–H groups in total. The average molecular weight is 778 g/mol. The number of thiol groups is 3. The van der Waals surface area contributed by atoms with Gasteiger partial charge in [-0.15, -0.1) is 31.0 Å². The molecular weight excluding hydrogens is 727 g/mol. The highest BCUT2D eigenvalue weighted by atomic mass is 32.9. The van der Waals surface area contributed by atoms with Crippen LogP contribution in [0.5, 0.6) is 0 Å². The Morgan fingerprint density at radius 1 is 0.479 bits per heavy atom. The van der Waals surface area contributed by atoms with Crippen molar-refractivity contribution in [3.63, 3.8) is 0 Å². The minimum Gasteiger partial charge on any atom is -0.306 e. The van der Waals surface area contributed by atoms with Crippen molar-refractivity contribution in [2.24, 2.45) is 0 Å². The molecule has 1 saturated heterocycles. The van der Waals surface area contributed by atoms with E-state index in [4.69, 9.17) is 0 Å². The Kier molecular flexibility index (Phi) is 15.2. The first-order chi connectivity index (χ1) is 22.7. The summed E-state index contributed by atoms with van der Waals surface area (Å²) in [6.07, 6.45) is 2.32. The van der Waals surface area contributed by atoms with Gasteiger partial charge >= 0.3 is 0 Å². The number of hydrogen-bond donors (Lipinski definition) is 6. The van der Waals surface area contributed by atoms with Gasteiger partial charge in [-0.1, -0.05) is 53.1 Å². The maximum Gasteiger partial charge on any atom is 0.130 e. The van der Waals surface area contributed by atoms with Gasteiger partial charge in [0.05, 0.1) is 34.7 Å². The van der Waals surface area contributed by atoms with Gasteiger partial charge in [0.1, 0.15) is 26.3 Å². The molecule has 0 radical (unpaired) electrons. The van der Waals surface area contributed by atoms with Crippen molar-refractivity contribution in [1.82, 2.24) is 14.7 Å². The molecule has 1 aliphatic rings. The average Bonchev–Trinajstić information content (AvgIpc) is 3.04. The largest absolute Gasteiger partial charge is 0.306 e. The first kappa shape index (κ1) is 39.7. The predicted octanol–water partition coefficient (Wildman–Crippen LogP) is 4.51. The summed E-state index contributed by atoms with van der Waals surface area (Å²) >= 11 is 0. The summed E-state index contributed by atoms with van der Waals surface area (Å²) in [5.41, 5.74) is 3.16. The third-order valence-electron chi connectivity index (χ3n) is 7.88. The Morgan fingerprint density at radius 2 is 0.708 bits per heavy atom. The van der Waals surface area contributed by atoms with Gasteiger partial charge in [-0.05, 0) is 93.7 Å². The highest BCUT2D eigenvalue weighted by molar-refractivity contribution is 8.37. The number of aryl methyl sites for hydroxylation is 3. The molecule has 1 aliphatic heterocycles. The first-order valence-corrected chi connectivity index (χ1v) is 25.6. The molecule has 0 amide bonds. The van der Waals surface area contributed by atoms with Crippen LogP contribution in [0.2, 0.25) is 0 Å². The Hall–Kier alpha value is -1.08. The van der Waals surface area contributed by atoms with Crippen LogP contribution < -0.4 is 0 Å². The molecule has 0 bridgehead atoms. The van der Waals surface area contributed by atoms with E-state index in [0.717, 1.165) is 75.6 Å². The summed E-state index contributed by atoms with van der Waals surface area (Å²) in [7, 11) is -7.79. The lowest BCUT2D eigenvalue weighted by Gasteiger charge is -2.42. The van der Waals surface area contributed by atoms with Gasteiger partial charge < -0.3 is 13.7 Å². The van der Waals surface area contributed by atoms with E-state index in [1.54, 1.807) is 36.4 Å². The summed E-state index contributed by atoms with van der Waals surface area (Å²) < 4.78 is 70.7. The van der Waals surface area contributed by atoms with Crippen molar-refractivity contribution >= 4 is 57.3 Å². The molecule has 3 atom stereocenters. The quantitative estimate of drug-likeness (QED) is 0.0979. The van der Waals surface area contributed by atoms with E-state index in [-0.39, 0.29) is 0 Å². The van der Waals surface area contributed by atoms with E-state index in [1.165, 1.54) is 0 Å². The van der Waals surface area contributed by atoms with Crippen molar-refractivity contribution in [1.29, 1.82) is 0 Å². The summed E-state index contributed by atoms with van der Waals surface area (Å²) in [6.45, 7) is 10.4. The zero-order valence-electron chi connectivity index (χ0n) is 27.9. The standard InChI is InChI=1S/C33H51N3O6S6/c1-28-7-13-31(14-8-28)46(37,38)43-22-4-19-34-25-35(20-5-23-44-47(39,40)32-15-9-29(2)10-16-32)27-36(26-34)21-6-24-45-48(41,42)33-17-11-30(3)12-18-33/h7-18,43-45H,4-6,19-27H2,1-3H3,(H,37,38)(H,39,40)(H,41,42). The number of benzene rings is 3. The van der Waals surface area contributed by atoms with Crippen molar-refractivity contribution < 1.29 is 26.3 Å². The molecule has 0 aromatic heterocycles. The maximum atomic E-state index is 12.9. The van der Waals surface area contributed by atoms with Crippen LogP contribution in [-0.4, -0.2) is 97.9 Å². The van der Waals surface area contributed by atoms with E-state index >= 15 is 0 Å².